The van der Waals surface area contributed by atoms with Gasteiger partial charge >= 0.3 is 0 Å². The lowest BCUT2D eigenvalue weighted by Crippen LogP contribution is -2.41. The Morgan fingerprint density at radius 2 is 1.86 bits per heavy atom. The predicted molar refractivity (Wildman–Crippen MR) is 138 cm³/mol. The van der Waals surface area contributed by atoms with Crippen molar-refractivity contribution in [1.82, 2.24) is 5.32 Å². The van der Waals surface area contributed by atoms with Crippen LogP contribution in [-0.2, 0) is 20.6 Å². The number of furan rings is 1. The maximum absolute atomic E-state index is 13.6. The monoisotopic (exact) mass is 518 g/mol. The molecule has 0 atom stereocenters. The van der Waals surface area contributed by atoms with Crippen molar-refractivity contribution in [2.24, 2.45) is 0 Å². The molecule has 0 radical (unpaired) electrons. The van der Waals surface area contributed by atoms with Crippen molar-refractivity contribution >= 4 is 33.4 Å². The number of amides is 1. The van der Waals surface area contributed by atoms with Crippen LogP contribution in [0.2, 0.25) is 0 Å². The van der Waals surface area contributed by atoms with E-state index in [1.54, 1.807) is 48.4 Å². The molecular weight excluding hydrogens is 488 g/mol. The minimum atomic E-state index is -4.07. The molecule has 1 amide bonds. The average Bonchev–Trinajstić information content (AvgIpc) is 3.38. The first-order valence-electron chi connectivity index (χ1n) is 11.0. The highest BCUT2D eigenvalue weighted by Gasteiger charge is 2.29. The third-order valence-corrected chi connectivity index (χ3v) is 8.00. The summed E-state index contributed by atoms with van der Waals surface area (Å²) in [6, 6.07) is 15.1. The highest BCUT2D eigenvalue weighted by molar-refractivity contribution is 7.98. The molecular formula is C25H30N2O6S2. The third-order valence-electron chi connectivity index (χ3n) is 5.16. The van der Waals surface area contributed by atoms with Gasteiger partial charge < -0.3 is 19.2 Å². The first kappa shape index (κ1) is 26.5. The lowest BCUT2D eigenvalue weighted by molar-refractivity contribution is -0.119. The van der Waals surface area contributed by atoms with E-state index in [1.807, 2.05) is 19.1 Å². The molecule has 0 fully saturated rings. The fourth-order valence-corrected chi connectivity index (χ4v) is 5.57. The van der Waals surface area contributed by atoms with E-state index in [1.165, 1.54) is 26.4 Å². The van der Waals surface area contributed by atoms with Crippen molar-refractivity contribution in [3.63, 3.8) is 0 Å². The van der Waals surface area contributed by atoms with E-state index in [-0.39, 0.29) is 10.6 Å². The Bertz CT molecular complexity index is 1200. The Morgan fingerprint density at radius 1 is 1.09 bits per heavy atom. The third kappa shape index (κ3) is 7.19. The zero-order valence-corrected chi connectivity index (χ0v) is 21.7. The summed E-state index contributed by atoms with van der Waals surface area (Å²) in [7, 11) is -1.13. The number of nitrogens with zero attached hydrogens (tertiary/aromatic N) is 1. The topological polar surface area (TPSA) is 98.1 Å². The van der Waals surface area contributed by atoms with Crippen molar-refractivity contribution in [2.75, 3.05) is 37.4 Å². The summed E-state index contributed by atoms with van der Waals surface area (Å²) >= 11 is 1.70. The summed E-state index contributed by atoms with van der Waals surface area (Å²) in [5, 5.41) is 2.82. The van der Waals surface area contributed by atoms with Crippen molar-refractivity contribution in [2.45, 2.75) is 24.0 Å². The normalized spacial score (nSPS) is 11.2. The molecule has 0 aliphatic rings. The van der Waals surface area contributed by atoms with Crippen LogP contribution in [0.3, 0.4) is 0 Å². The van der Waals surface area contributed by atoms with Crippen LogP contribution in [0.1, 0.15) is 17.7 Å². The number of benzene rings is 2. The van der Waals surface area contributed by atoms with Crippen molar-refractivity contribution in [3.05, 3.63) is 72.2 Å². The van der Waals surface area contributed by atoms with Crippen molar-refractivity contribution < 1.29 is 27.1 Å². The highest BCUT2D eigenvalue weighted by atomic mass is 32.2. The Morgan fingerprint density at radius 3 is 2.51 bits per heavy atom. The molecule has 0 saturated carbocycles. The van der Waals surface area contributed by atoms with Crippen LogP contribution in [0.4, 0.5) is 5.69 Å². The van der Waals surface area contributed by atoms with E-state index in [4.69, 9.17) is 13.9 Å². The first-order valence-corrected chi connectivity index (χ1v) is 13.6. The second-order valence-corrected chi connectivity index (χ2v) is 10.7. The van der Waals surface area contributed by atoms with Gasteiger partial charge in [-0.3, -0.25) is 9.10 Å². The van der Waals surface area contributed by atoms with Gasteiger partial charge in [-0.05, 0) is 55.5 Å². The Balaban J connectivity index is 1.73. The number of carbonyl (C=O) groups is 1. The van der Waals surface area contributed by atoms with Gasteiger partial charge in [0.1, 0.15) is 23.8 Å². The number of ether oxygens (including phenoxy) is 2. The number of carbonyl (C=O) groups excluding carboxylic acids is 1. The number of anilines is 1. The minimum absolute atomic E-state index is 0.0788. The zero-order chi connectivity index (χ0) is 25.3. The number of nitrogens with one attached hydrogen (secondary N) is 1. The second-order valence-electron chi connectivity index (χ2n) is 7.70. The van der Waals surface area contributed by atoms with E-state index in [0.717, 1.165) is 33.6 Å². The van der Waals surface area contributed by atoms with E-state index in [9.17, 15) is 13.2 Å². The number of hydrogen-bond acceptors (Lipinski definition) is 7. The fourth-order valence-electron chi connectivity index (χ4n) is 3.28. The SMILES string of the molecule is COc1ccc(OC)c(N(CC(=O)NCCCSCc2ccco2)S(=O)(=O)c2ccc(C)cc2)c1. The van der Waals surface area contributed by atoms with E-state index in [0.29, 0.717) is 18.0 Å². The molecule has 35 heavy (non-hydrogen) atoms. The smallest absolute Gasteiger partial charge is 0.264 e. The molecule has 1 N–H and O–H groups in total. The Hall–Kier alpha value is -3.11. The molecule has 0 spiro atoms. The van der Waals surface area contributed by atoms with Gasteiger partial charge in [0.15, 0.2) is 0 Å². The largest absolute Gasteiger partial charge is 0.497 e. The predicted octanol–water partition coefficient (Wildman–Crippen LogP) is 4.24. The van der Waals surface area contributed by atoms with Gasteiger partial charge in [-0.25, -0.2) is 8.42 Å². The van der Waals surface area contributed by atoms with Gasteiger partial charge in [0.2, 0.25) is 5.91 Å². The summed E-state index contributed by atoms with van der Waals surface area (Å²) in [6.45, 7) is 1.90. The maximum Gasteiger partial charge on any atom is 0.264 e. The second kappa shape index (κ2) is 12.6. The van der Waals surface area contributed by atoms with Gasteiger partial charge in [0.25, 0.3) is 10.0 Å². The molecule has 0 aliphatic heterocycles. The van der Waals surface area contributed by atoms with Crippen molar-refractivity contribution in [1.29, 1.82) is 0 Å². The van der Waals surface area contributed by atoms with E-state index < -0.39 is 22.5 Å². The van der Waals surface area contributed by atoms with Crippen LogP contribution >= 0.6 is 11.8 Å². The quantitative estimate of drug-likeness (QED) is 0.338. The van der Waals surface area contributed by atoms with E-state index in [2.05, 4.69) is 5.32 Å². The minimum Gasteiger partial charge on any atom is -0.497 e. The maximum atomic E-state index is 13.6. The number of hydrogen-bond donors (Lipinski definition) is 1. The van der Waals surface area contributed by atoms with Gasteiger partial charge in [0.05, 0.1) is 36.8 Å². The lowest BCUT2D eigenvalue weighted by atomic mass is 10.2. The molecule has 3 aromatic rings. The Labute approximate surface area is 210 Å². The van der Waals surface area contributed by atoms with Crippen molar-refractivity contribution in [3.8, 4) is 11.5 Å². The summed E-state index contributed by atoms with van der Waals surface area (Å²) in [5.74, 6) is 2.84. The van der Waals surface area contributed by atoms with Crippen LogP contribution in [0.25, 0.3) is 0 Å². The van der Waals surface area contributed by atoms with Gasteiger partial charge in [-0.2, -0.15) is 11.8 Å². The fraction of sp³-hybridized carbons (Fsp3) is 0.320. The zero-order valence-electron chi connectivity index (χ0n) is 20.0. The number of sulfonamides is 1. The summed E-state index contributed by atoms with van der Waals surface area (Å²) in [5.41, 5.74) is 1.15. The molecule has 1 aromatic heterocycles. The average molecular weight is 519 g/mol. The van der Waals surface area contributed by atoms with Gasteiger partial charge in [-0.1, -0.05) is 17.7 Å². The molecule has 0 saturated heterocycles. The number of rotatable bonds is 13. The van der Waals surface area contributed by atoms with Gasteiger partial charge in [0, 0.05) is 12.6 Å². The molecule has 3 rings (SSSR count). The number of aryl methyl sites for hydroxylation is 1. The van der Waals surface area contributed by atoms with Crippen LogP contribution in [0.15, 0.2) is 70.2 Å². The molecule has 1 heterocycles. The molecule has 0 unspecified atom stereocenters. The first-order chi connectivity index (χ1) is 16.8. The van der Waals surface area contributed by atoms with Crippen LogP contribution < -0.4 is 19.1 Å². The molecule has 10 heteroatoms. The van der Waals surface area contributed by atoms with E-state index >= 15 is 0 Å². The standard InChI is InChI=1S/C25H30N2O6S2/c1-19-7-10-22(11-8-19)35(29,30)27(23-16-20(31-2)9-12-24(23)32-3)17-25(28)26-13-5-15-34-18-21-6-4-14-33-21/h4,6-12,14,16H,5,13,15,17-18H2,1-3H3,(H,26,28). The lowest BCUT2D eigenvalue weighted by Gasteiger charge is -2.26. The Kier molecular flexibility index (Phi) is 9.50. The summed E-state index contributed by atoms with van der Waals surface area (Å²) in [6.07, 6.45) is 2.38. The molecule has 2 aromatic carbocycles. The van der Waals surface area contributed by atoms with Crippen LogP contribution in [0.5, 0.6) is 11.5 Å². The molecule has 188 valence electrons. The molecule has 8 nitrogen and oxygen atoms in total. The molecule has 0 aliphatic carbocycles. The highest BCUT2D eigenvalue weighted by Crippen LogP contribution is 2.35. The van der Waals surface area contributed by atoms with Crippen LogP contribution in [-0.4, -0.2) is 47.4 Å². The van der Waals surface area contributed by atoms with Gasteiger partial charge in [-0.15, -0.1) is 0 Å². The number of thioether (sulfide) groups is 1. The molecule has 0 bridgehead atoms. The summed E-state index contributed by atoms with van der Waals surface area (Å²) in [4.78, 5) is 12.9. The summed E-state index contributed by atoms with van der Waals surface area (Å²) < 4.78 is 44.3. The number of methoxy groups -OCH3 is 2. The van der Waals surface area contributed by atoms with Crippen LogP contribution in [0, 0.1) is 6.92 Å².